The summed E-state index contributed by atoms with van der Waals surface area (Å²) in [5.41, 5.74) is 3.76. The third-order valence-corrected chi connectivity index (χ3v) is 4.56. The average molecular weight is 290 g/mol. The molecule has 0 spiro atoms. The minimum Gasteiger partial charge on any atom is -0.358 e. The Balaban J connectivity index is 2.19. The van der Waals surface area contributed by atoms with Crippen molar-refractivity contribution in [2.75, 3.05) is 38.6 Å². The second kappa shape index (κ2) is 7.23. The molecule has 1 aliphatic rings. The molecule has 2 heterocycles. The van der Waals surface area contributed by atoms with E-state index in [9.17, 15) is 0 Å². The van der Waals surface area contributed by atoms with Crippen molar-refractivity contribution in [1.82, 2.24) is 15.2 Å². The van der Waals surface area contributed by atoms with Gasteiger partial charge in [0.05, 0.1) is 0 Å². The lowest BCUT2D eigenvalue weighted by Crippen LogP contribution is -2.39. The quantitative estimate of drug-likeness (QED) is 0.871. The molecule has 0 bridgehead atoms. The van der Waals surface area contributed by atoms with Gasteiger partial charge >= 0.3 is 0 Å². The van der Waals surface area contributed by atoms with Crippen LogP contribution in [0.3, 0.4) is 0 Å². The maximum absolute atomic E-state index is 4.81. The van der Waals surface area contributed by atoms with Crippen LogP contribution in [0.2, 0.25) is 0 Å². The van der Waals surface area contributed by atoms with Gasteiger partial charge in [-0.3, -0.25) is 4.90 Å². The molecule has 0 radical (unpaired) electrons. The topological polar surface area (TPSA) is 31.4 Å². The first kappa shape index (κ1) is 16.2. The first-order valence-electron chi connectivity index (χ1n) is 8.13. The van der Waals surface area contributed by atoms with E-state index in [1.165, 1.54) is 30.5 Å². The zero-order chi connectivity index (χ0) is 15.4. The number of nitrogens with one attached hydrogen (secondary N) is 1. The van der Waals surface area contributed by atoms with Gasteiger partial charge in [-0.1, -0.05) is 6.92 Å². The number of aryl methyl sites for hydroxylation is 2. The van der Waals surface area contributed by atoms with Crippen LogP contribution in [0.5, 0.6) is 0 Å². The second-order valence-corrected chi connectivity index (χ2v) is 6.22. The molecule has 1 aromatic heterocycles. The number of likely N-dealkylation sites (N-methyl/N-ethyl adjacent to an activating group) is 2. The van der Waals surface area contributed by atoms with E-state index in [1.54, 1.807) is 0 Å². The number of aromatic nitrogens is 1. The molecule has 2 rings (SSSR count). The molecule has 118 valence electrons. The van der Waals surface area contributed by atoms with Gasteiger partial charge in [-0.25, -0.2) is 4.98 Å². The van der Waals surface area contributed by atoms with Crippen molar-refractivity contribution in [2.45, 2.75) is 46.2 Å². The Morgan fingerprint density at radius 2 is 2.19 bits per heavy atom. The van der Waals surface area contributed by atoms with Gasteiger partial charge in [0.15, 0.2) is 0 Å². The number of likely N-dealkylation sites (tertiary alicyclic amines) is 1. The summed E-state index contributed by atoms with van der Waals surface area (Å²) in [6.45, 7) is 10.9. The summed E-state index contributed by atoms with van der Waals surface area (Å²) < 4.78 is 0. The average Bonchev–Trinajstić information content (AvgIpc) is 2.88. The second-order valence-electron chi connectivity index (χ2n) is 6.22. The van der Waals surface area contributed by atoms with E-state index in [0.29, 0.717) is 6.04 Å². The van der Waals surface area contributed by atoms with Crippen LogP contribution in [0.4, 0.5) is 5.82 Å². The lowest BCUT2D eigenvalue weighted by molar-refractivity contribution is 0.270. The minimum atomic E-state index is 0.671. The van der Waals surface area contributed by atoms with Crippen molar-refractivity contribution >= 4 is 5.82 Å². The summed E-state index contributed by atoms with van der Waals surface area (Å²) in [6.07, 6.45) is 2.64. The highest BCUT2D eigenvalue weighted by atomic mass is 15.2. The van der Waals surface area contributed by atoms with Gasteiger partial charge in [0.1, 0.15) is 5.82 Å². The largest absolute Gasteiger partial charge is 0.358 e. The van der Waals surface area contributed by atoms with E-state index < -0.39 is 0 Å². The number of nitrogens with zero attached hydrogens (tertiary/aromatic N) is 3. The molecular weight excluding hydrogens is 260 g/mol. The van der Waals surface area contributed by atoms with Crippen LogP contribution in [-0.2, 0) is 6.54 Å². The van der Waals surface area contributed by atoms with Crippen LogP contribution in [0.1, 0.15) is 36.6 Å². The third-order valence-electron chi connectivity index (χ3n) is 4.56. The maximum atomic E-state index is 4.81. The fraction of sp³-hybridized carbons (Fsp3) is 0.706. The minimum absolute atomic E-state index is 0.671. The number of pyridine rings is 1. The van der Waals surface area contributed by atoms with E-state index in [4.69, 9.17) is 4.98 Å². The van der Waals surface area contributed by atoms with Crippen LogP contribution in [0.15, 0.2) is 6.07 Å². The number of hydrogen-bond donors (Lipinski definition) is 1. The number of hydrogen-bond acceptors (Lipinski definition) is 4. The molecule has 0 aromatic carbocycles. The maximum Gasteiger partial charge on any atom is 0.133 e. The lowest BCUT2D eigenvalue weighted by atomic mass is 10.1. The zero-order valence-electron chi connectivity index (χ0n) is 14.2. The van der Waals surface area contributed by atoms with E-state index in [0.717, 1.165) is 31.1 Å². The predicted molar refractivity (Wildman–Crippen MR) is 90.0 cm³/mol. The predicted octanol–water partition coefficient (Wildman–Crippen LogP) is 2.34. The Kier molecular flexibility index (Phi) is 5.59. The van der Waals surface area contributed by atoms with Gasteiger partial charge in [0.2, 0.25) is 0 Å². The van der Waals surface area contributed by atoms with E-state index in [1.807, 2.05) is 7.05 Å². The van der Waals surface area contributed by atoms with E-state index in [-0.39, 0.29) is 0 Å². The molecule has 1 fully saturated rings. The SMILES string of the molecule is CCN1CCCC1CN(C)c1nc(C)cc(C)c1CNC. The smallest absolute Gasteiger partial charge is 0.133 e. The highest BCUT2D eigenvalue weighted by Crippen LogP contribution is 2.24. The Labute approximate surface area is 129 Å². The Hall–Kier alpha value is -1.13. The Bertz CT molecular complexity index is 472. The summed E-state index contributed by atoms with van der Waals surface area (Å²) in [4.78, 5) is 9.76. The number of anilines is 1. The van der Waals surface area contributed by atoms with E-state index >= 15 is 0 Å². The highest BCUT2D eigenvalue weighted by molar-refractivity contribution is 5.51. The fourth-order valence-corrected chi connectivity index (χ4v) is 3.48. The van der Waals surface area contributed by atoms with Crippen molar-refractivity contribution in [3.05, 3.63) is 22.9 Å². The summed E-state index contributed by atoms with van der Waals surface area (Å²) in [5.74, 6) is 1.14. The summed E-state index contributed by atoms with van der Waals surface area (Å²) in [7, 11) is 4.19. The van der Waals surface area contributed by atoms with Gasteiger partial charge in [0, 0.05) is 37.4 Å². The molecule has 4 heteroatoms. The molecule has 0 aliphatic carbocycles. The molecule has 1 atom stereocenters. The molecule has 0 saturated carbocycles. The van der Waals surface area contributed by atoms with Crippen LogP contribution in [0, 0.1) is 13.8 Å². The Morgan fingerprint density at radius 3 is 2.86 bits per heavy atom. The zero-order valence-corrected chi connectivity index (χ0v) is 14.2. The van der Waals surface area contributed by atoms with Crippen molar-refractivity contribution in [3.63, 3.8) is 0 Å². The van der Waals surface area contributed by atoms with Crippen LogP contribution in [0.25, 0.3) is 0 Å². The summed E-state index contributed by atoms with van der Waals surface area (Å²) >= 11 is 0. The lowest BCUT2D eigenvalue weighted by Gasteiger charge is -2.30. The number of rotatable bonds is 6. The van der Waals surface area contributed by atoms with E-state index in [2.05, 4.69) is 49.0 Å². The molecule has 21 heavy (non-hydrogen) atoms. The molecule has 4 nitrogen and oxygen atoms in total. The first-order chi connectivity index (χ1) is 10.1. The van der Waals surface area contributed by atoms with Crippen LogP contribution in [-0.4, -0.2) is 49.7 Å². The standard InChI is InChI=1S/C17H30N4/c1-6-21-9-7-8-15(21)12-20(5)17-16(11-18-4)13(2)10-14(3)19-17/h10,15,18H,6-9,11-12H2,1-5H3. The van der Waals surface area contributed by atoms with Gasteiger partial charge in [-0.05, 0) is 58.5 Å². The highest BCUT2D eigenvalue weighted by Gasteiger charge is 2.25. The van der Waals surface area contributed by atoms with Crippen molar-refractivity contribution in [3.8, 4) is 0 Å². The van der Waals surface area contributed by atoms with Crippen molar-refractivity contribution in [2.24, 2.45) is 0 Å². The van der Waals surface area contributed by atoms with Gasteiger partial charge in [-0.15, -0.1) is 0 Å². The monoisotopic (exact) mass is 290 g/mol. The van der Waals surface area contributed by atoms with Crippen molar-refractivity contribution in [1.29, 1.82) is 0 Å². The summed E-state index contributed by atoms with van der Waals surface area (Å²) in [6, 6.07) is 2.85. The molecule has 1 unspecified atom stereocenters. The summed E-state index contributed by atoms with van der Waals surface area (Å²) in [5, 5.41) is 3.28. The van der Waals surface area contributed by atoms with Crippen molar-refractivity contribution < 1.29 is 0 Å². The molecule has 1 N–H and O–H groups in total. The molecule has 0 amide bonds. The van der Waals surface area contributed by atoms with Gasteiger partial charge in [0.25, 0.3) is 0 Å². The Morgan fingerprint density at radius 1 is 1.43 bits per heavy atom. The molecular formula is C17H30N4. The van der Waals surface area contributed by atoms with Gasteiger partial charge in [-0.2, -0.15) is 0 Å². The third kappa shape index (κ3) is 3.74. The fourth-order valence-electron chi connectivity index (χ4n) is 3.48. The molecule has 1 aromatic rings. The van der Waals surface area contributed by atoms with Crippen LogP contribution >= 0.6 is 0 Å². The first-order valence-corrected chi connectivity index (χ1v) is 8.13. The molecule has 1 aliphatic heterocycles. The van der Waals surface area contributed by atoms with Crippen LogP contribution < -0.4 is 10.2 Å². The van der Waals surface area contributed by atoms with Gasteiger partial charge < -0.3 is 10.2 Å². The normalized spacial score (nSPS) is 19.2. The molecule has 1 saturated heterocycles.